The van der Waals surface area contributed by atoms with Crippen molar-refractivity contribution in [3.05, 3.63) is 54.6 Å². The number of carbonyl (C=O) groups excluding carboxylic acids is 1. The average molecular weight is 401 g/mol. The summed E-state index contributed by atoms with van der Waals surface area (Å²) in [5.74, 6) is 0.717. The van der Waals surface area contributed by atoms with E-state index in [2.05, 4.69) is 52.9 Å². The number of carbonyl (C=O) groups is 1. The van der Waals surface area contributed by atoms with Crippen LogP contribution in [0.25, 0.3) is 0 Å². The van der Waals surface area contributed by atoms with Crippen molar-refractivity contribution in [1.29, 1.82) is 0 Å². The Balaban J connectivity index is 1.33. The predicted octanol–water partition coefficient (Wildman–Crippen LogP) is 3.40. The van der Waals surface area contributed by atoms with Crippen molar-refractivity contribution < 1.29 is 9.53 Å². The van der Waals surface area contributed by atoms with Gasteiger partial charge in [-0.15, -0.1) is 0 Å². The predicted molar refractivity (Wildman–Crippen MR) is 117 cm³/mol. The van der Waals surface area contributed by atoms with Gasteiger partial charge < -0.3 is 15.4 Å². The van der Waals surface area contributed by atoms with Gasteiger partial charge in [0.25, 0.3) is 0 Å². The van der Waals surface area contributed by atoms with Gasteiger partial charge in [0.05, 0.1) is 12.3 Å². The van der Waals surface area contributed by atoms with Crippen LogP contribution in [0.3, 0.4) is 0 Å². The molecule has 28 heavy (non-hydrogen) atoms. The zero-order valence-corrected chi connectivity index (χ0v) is 16.9. The Hall–Kier alpha value is -2.38. The molecular weight excluding hydrogens is 372 g/mol. The van der Waals surface area contributed by atoms with Crippen LogP contribution in [0.15, 0.2) is 54.6 Å². The number of urea groups is 1. The molecule has 2 amide bonds. The van der Waals surface area contributed by atoms with Crippen LogP contribution in [0.1, 0.15) is 12.8 Å². The van der Waals surface area contributed by atoms with E-state index in [1.54, 1.807) is 12.1 Å². The van der Waals surface area contributed by atoms with Crippen LogP contribution in [0.2, 0.25) is 0 Å². The first kappa shape index (κ1) is 20.4. The van der Waals surface area contributed by atoms with Crippen molar-refractivity contribution in [2.75, 3.05) is 48.5 Å². The maximum absolute atomic E-state index is 11.2. The molecule has 7 heteroatoms. The fourth-order valence-corrected chi connectivity index (χ4v) is 3.45. The second kappa shape index (κ2) is 10.2. The Morgan fingerprint density at radius 2 is 1.79 bits per heavy atom. The summed E-state index contributed by atoms with van der Waals surface area (Å²) in [7, 11) is 0. The first-order valence-corrected chi connectivity index (χ1v) is 10.1. The van der Waals surface area contributed by atoms with Gasteiger partial charge in [-0.2, -0.15) is 0 Å². The largest absolute Gasteiger partial charge is 0.494 e. The molecule has 0 aliphatic carbocycles. The molecule has 2 N–H and O–H groups in total. The van der Waals surface area contributed by atoms with Gasteiger partial charge in [0.2, 0.25) is 0 Å². The number of hydrogen-bond donors (Lipinski definition) is 2. The average Bonchev–Trinajstić information content (AvgIpc) is 2.74. The fourth-order valence-electron chi connectivity index (χ4n) is 3.33. The number of unbranched alkanes of at least 4 members (excludes halogenated alkanes) is 1. The summed E-state index contributed by atoms with van der Waals surface area (Å²) in [5.41, 5.74) is 7.15. The van der Waals surface area contributed by atoms with Gasteiger partial charge >= 0.3 is 6.03 Å². The summed E-state index contributed by atoms with van der Waals surface area (Å²) in [5, 5.41) is 0. The molecule has 0 spiro atoms. The molecule has 150 valence electrons. The quantitative estimate of drug-likeness (QED) is 0.527. The number of piperazine rings is 1. The van der Waals surface area contributed by atoms with E-state index >= 15 is 0 Å². The summed E-state index contributed by atoms with van der Waals surface area (Å²) in [6.07, 6.45) is 2.09. The number of benzene rings is 2. The Morgan fingerprint density at radius 1 is 1.04 bits per heavy atom. The van der Waals surface area contributed by atoms with Crippen LogP contribution in [0, 0.1) is 0 Å². The normalized spacial score (nSPS) is 14.7. The highest BCUT2D eigenvalue weighted by molar-refractivity contribution is 7.82. The minimum Gasteiger partial charge on any atom is -0.494 e. The van der Waals surface area contributed by atoms with Gasteiger partial charge in [0.1, 0.15) is 5.75 Å². The molecule has 0 radical (unpaired) electrons. The van der Waals surface area contributed by atoms with Crippen LogP contribution in [0.5, 0.6) is 5.75 Å². The molecule has 1 fully saturated rings. The van der Waals surface area contributed by atoms with Crippen molar-refractivity contribution >= 4 is 30.2 Å². The van der Waals surface area contributed by atoms with Gasteiger partial charge in [-0.3, -0.25) is 4.90 Å². The Labute approximate surface area is 172 Å². The van der Waals surface area contributed by atoms with E-state index in [0.717, 1.165) is 49.9 Å². The standard InChI is InChI=1S/C21H28N4O2S/c22-21(26)25(28)19-9-6-10-20(17-19)27-16-5-4-11-23-12-14-24(15-13-23)18-7-2-1-3-8-18/h1-3,6-10,17,28H,4-5,11-16H2,(H2,22,26). The minimum absolute atomic E-state index is 0.602. The molecule has 3 rings (SSSR count). The van der Waals surface area contributed by atoms with E-state index < -0.39 is 6.03 Å². The van der Waals surface area contributed by atoms with E-state index in [9.17, 15) is 4.79 Å². The lowest BCUT2D eigenvalue weighted by Gasteiger charge is -2.36. The molecule has 1 heterocycles. The summed E-state index contributed by atoms with van der Waals surface area (Å²) in [6.45, 7) is 6.10. The third-order valence-electron chi connectivity index (χ3n) is 4.90. The third kappa shape index (κ3) is 5.81. The number of amides is 2. The van der Waals surface area contributed by atoms with Gasteiger partial charge in [0, 0.05) is 37.9 Å². The molecule has 0 atom stereocenters. The van der Waals surface area contributed by atoms with Gasteiger partial charge in [0.15, 0.2) is 0 Å². The highest BCUT2D eigenvalue weighted by atomic mass is 32.1. The molecule has 6 nitrogen and oxygen atoms in total. The topological polar surface area (TPSA) is 62.0 Å². The minimum atomic E-state index is -0.618. The summed E-state index contributed by atoms with van der Waals surface area (Å²) < 4.78 is 6.90. The van der Waals surface area contributed by atoms with E-state index in [4.69, 9.17) is 10.5 Å². The number of nitrogens with zero attached hydrogens (tertiary/aromatic N) is 3. The van der Waals surface area contributed by atoms with Crippen molar-refractivity contribution in [1.82, 2.24) is 4.90 Å². The molecule has 0 bridgehead atoms. The molecule has 0 saturated carbocycles. The third-order valence-corrected chi connectivity index (χ3v) is 5.33. The number of para-hydroxylation sites is 1. The lowest BCUT2D eigenvalue weighted by molar-refractivity contribution is 0.238. The zero-order chi connectivity index (χ0) is 19.8. The molecule has 1 aliphatic heterocycles. The van der Waals surface area contributed by atoms with E-state index in [1.807, 2.05) is 12.1 Å². The summed E-state index contributed by atoms with van der Waals surface area (Å²) in [4.78, 5) is 16.2. The zero-order valence-electron chi connectivity index (χ0n) is 16.0. The number of thiol groups is 1. The van der Waals surface area contributed by atoms with Crippen LogP contribution in [0.4, 0.5) is 16.2 Å². The van der Waals surface area contributed by atoms with Crippen LogP contribution < -0.4 is 19.7 Å². The van der Waals surface area contributed by atoms with Crippen LogP contribution >= 0.6 is 12.8 Å². The first-order chi connectivity index (χ1) is 13.6. The highest BCUT2D eigenvalue weighted by Crippen LogP contribution is 2.22. The number of primary amides is 1. The maximum atomic E-state index is 11.2. The molecule has 0 unspecified atom stereocenters. The van der Waals surface area contributed by atoms with Crippen molar-refractivity contribution in [2.24, 2.45) is 5.73 Å². The van der Waals surface area contributed by atoms with E-state index in [0.29, 0.717) is 18.0 Å². The summed E-state index contributed by atoms with van der Waals surface area (Å²) in [6, 6.07) is 17.2. The molecule has 2 aromatic rings. The molecule has 1 saturated heterocycles. The van der Waals surface area contributed by atoms with Crippen molar-refractivity contribution in [3.8, 4) is 5.75 Å². The van der Waals surface area contributed by atoms with Crippen LogP contribution in [-0.4, -0.2) is 50.3 Å². The molecule has 2 aromatic carbocycles. The SMILES string of the molecule is NC(=O)N(S)c1cccc(OCCCCN2CCN(c3ccccc3)CC2)c1. The van der Waals surface area contributed by atoms with Gasteiger partial charge in [-0.25, -0.2) is 9.10 Å². The second-order valence-corrected chi connectivity index (χ2v) is 7.27. The molecule has 1 aliphatic rings. The number of nitrogens with two attached hydrogens (primary N) is 1. The van der Waals surface area contributed by atoms with E-state index in [-0.39, 0.29) is 0 Å². The number of rotatable bonds is 8. The Kier molecular flexibility index (Phi) is 7.45. The second-order valence-electron chi connectivity index (χ2n) is 6.87. The lowest BCUT2D eigenvalue weighted by atomic mass is 10.2. The van der Waals surface area contributed by atoms with Crippen LogP contribution in [-0.2, 0) is 0 Å². The summed E-state index contributed by atoms with van der Waals surface area (Å²) >= 11 is 4.07. The van der Waals surface area contributed by atoms with Crippen molar-refractivity contribution in [3.63, 3.8) is 0 Å². The number of anilines is 2. The maximum Gasteiger partial charge on any atom is 0.329 e. The lowest BCUT2D eigenvalue weighted by Crippen LogP contribution is -2.46. The van der Waals surface area contributed by atoms with E-state index in [1.165, 1.54) is 5.69 Å². The highest BCUT2D eigenvalue weighted by Gasteiger charge is 2.16. The Bertz CT molecular complexity index is 751. The molecule has 0 aromatic heterocycles. The first-order valence-electron chi connectivity index (χ1n) is 9.67. The Morgan fingerprint density at radius 3 is 2.50 bits per heavy atom. The number of hydrogen-bond acceptors (Lipinski definition) is 5. The van der Waals surface area contributed by atoms with Gasteiger partial charge in [-0.1, -0.05) is 37.1 Å². The molecular formula is C21H28N4O2S. The fraction of sp³-hybridized carbons (Fsp3) is 0.381. The van der Waals surface area contributed by atoms with Gasteiger partial charge in [-0.05, 0) is 43.7 Å². The smallest absolute Gasteiger partial charge is 0.329 e. The monoisotopic (exact) mass is 400 g/mol. The van der Waals surface area contributed by atoms with Crippen molar-refractivity contribution in [2.45, 2.75) is 12.8 Å². The number of ether oxygens (including phenoxy) is 1.